The van der Waals surface area contributed by atoms with Gasteiger partial charge in [-0.1, -0.05) is 37.3 Å². The zero-order valence-electron chi connectivity index (χ0n) is 13.9. The van der Waals surface area contributed by atoms with Gasteiger partial charge in [0, 0.05) is 24.3 Å². The molecule has 1 aliphatic rings. The zero-order valence-corrected chi connectivity index (χ0v) is 13.9. The van der Waals surface area contributed by atoms with Crippen LogP contribution in [0.15, 0.2) is 36.4 Å². The molecule has 122 valence electrons. The molecule has 4 heteroatoms. The van der Waals surface area contributed by atoms with E-state index in [1.54, 1.807) is 0 Å². The van der Waals surface area contributed by atoms with Crippen LogP contribution >= 0.6 is 0 Å². The van der Waals surface area contributed by atoms with E-state index in [0.717, 1.165) is 55.1 Å². The second-order valence-corrected chi connectivity index (χ2v) is 6.27. The maximum Gasteiger partial charge on any atom is 0.132 e. The van der Waals surface area contributed by atoms with Gasteiger partial charge in [-0.05, 0) is 38.2 Å². The standard InChI is InChI=1S/C19H25N3O/c1-3-16-12-19(21-14(2)20-16)22-11-7-10-17(22)13-18(23)15-8-5-4-6-9-15/h4-6,8-9,12,17-18,23H,3,7,10-11,13H2,1-2H3. The number of hydrogen-bond acceptors (Lipinski definition) is 4. The molecule has 1 aromatic heterocycles. The Morgan fingerprint density at radius 1 is 1.26 bits per heavy atom. The van der Waals surface area contributed by atoms with Crippen LogP contribution in [0.3, 0.4) is 0 Å². The minimum atomic E-state index is -0.421. The molecule has 4 nitrogen and oxygen atoms in total. The van der Waals surface area contributed by atoms with Gasteiger partial charge in [-0.15, -0.1) is 0 Å². The van der Waals surface area contributed by atoms with E-state index >= 15 is 0 Å². The van der Waals surface area contributed by atoms with Crippen molar-refractivity contribution >= 4 is 5.82 Å². The lowest BCUT2D eigenvalue weighted by Crippen LogP contribution is -2.31. The third-order valence-electron chi connectivity index (χ3n) is 4.59. The fourth-order valence-electron chi connectivity index (χ4n) is 3.39. The molecule has 2 unspecified atom stereocenters. The zero-order chi connectivity index (χ0) is 16.2. The molecule has 0 amide bonds. The van der Waals surface area contributed by atoms with Crippen molar-refractivity contribution in [2.45, 2.75) is 51.7 Å². The van der Waals surface area contributed by atoms with Crippen LogP contribution in [0.5, 0.6) is 0 Å². The Bertz CT molecular complexity index is 644. The molecule has 1 saturated heterocycles. The Balaban J connectivity index is 1.76. The molecular formula is C19H25N3O. The Labute approximate surface area is 138 Å². The van der Waals surface area contributed by atoms with E-state index in [-0.39, 0.29) is 0 Å². The Morgan fingerprint density at radius 2 is 2.04 bits per heavy atom. The highest BCUT2D eigenvalue weighted by atomic mass is 16.3. The summed E-state index contributed by atoms with van der Waals surface area (Å²) in [5.41, 5.74) is 2.08. The SMILES string of the molecule is CCc1cc(N2CCCC2CC(O)c2ccccc2)nc(C)n1. The highest BCUT2D eigenvalue weighted by Gasteiger charge is 2.28. The summed E-state index contributed by atoms with van der Waals surface area (Å²) in [6, 6.07) is 12.4. The largest absolute Gasteiger partial charge is 0.388 e. The van der Waals surface area contributed by atoms with Gasteiger partial charge in [-0.2, -0.15) is 0 Å². The van der Waals surface area contributed by atoms with Gasteiger partial charge >= 0.3 is 0 Å². The van der Waals surface area contributed by atoms with E-state index in [9.17, 15) is 5.11 Å². The van der Waals surface area contributed by atoms with Crippen LogP contribution in [-0.4, -0.2) is 27.7 Å². The normalized spacial score (nSPS) is 19.1. The van der Waals surface area contributed by atoms with Crippen molar-refractivity contribution in [2.24, 2.45) is 0 Å². The summed E-state index contributed by atoms with van der Waals surface area (Å²) < 4.78 is 0. The number of benzene rings is 1. The Morgan fingerprint density at radius 3 is 2.78 bits per heavy atom. The molecule has 0 bridgehead atoms. The summed E-state index contributed by atoms with van der Waals surface area (Å²) in [6.07, 6.45) is 3.50. The molecule has 1 aliphatic heterocycles. The van der Waals surface area contributed by atoms with Crippen molar-refractivity contribution in [1.82, 2.24) is 9.97 Å². The number of aromatic nitrogens is 2. The lowest BCUT2D eigenvalue weighted by Gasteiger charge is -2.28. The predicted molar refractivity (Wildman–Crippen MR) is 92.5 cm³/mol. The fourth-order valence-corrected chi connectivity index (χ4v) is 3.39. The first-order valence-corrected chi connectivity index (χ1v) is 8.51. The minimum absolute atomic E-state index is 0.337. The van der Waals surface area contributed by atoms with E-state index in [4.69, 9.17) is 0 Å². The average molecular weight is 311 g/mol. The molecule has 2 atom stereocenters. The second kappa shape index (κ2) is 7.09. The molecular weight excluding hydrogens is 286 g/mol. The smallest absolute Gasteiger partial charge is 0.132 e. The average Bonchev–Trinajstić information content (AvgIpc) is 3.03. The topological polar surface area (TPSA) is 49.2 Å². The van der Waals surface area contributed by atoms with Crippen LogP contribution < -0.4 is 4.90 Å². The van der Waals surface area contributed by atoms with Crippen molar-refractivity contribution in [3.05, 3.63) is 53.5 Å². The number of anilines is 1. The highest BCUT2D eigenvalue weighted by molar-refractivity contribution is 5.42. The Kier molecular flexibility index (Phi) is 4.91. The molecule has 0 aliphatic carbocycles. The van der Waals surface area contributed by atoms with Gasteiger partial charge in [-0.3, -0.25) is 0 Å². The summed E-state index contributed by atoms with van der Waals surface area (Å²) in [7, 11) is 0. The van der Waals surface area contributed by atoms with E-state index in [1.807, 2.05) is 37.3 Å². The van der Waals surface area contributed by atoms with E-state index in [1.165, 1.54) is 0 Å². The first-order valence-electron chi connectivity index (χ1n) is 8.51. The maximum absolute atomic E-state index is 10.5. The van der Waals surface area contributed by atoms with Gasteiger partial charge in [0.1, 0.15) is 11.6 Å². The summed E-state index contributed by atoms with van der Waals surface area (Å²) in [5.74, 6) is 1.84. The third kappa shape index (κ3) is 3.70. The number of rotatable bonds is 5. The van der Waals surface area contributed by atoms with Crippen LogP contribution in [0.1, 0.15) is 49.4 Å². The van der Waals surface area contributed by atoms with Crippen molar-refractivity contribution in [1.29, 1.82) is 0 Å². The van der Waals surface area contributed by atoms with E-state index < -0.39 is 6.10 Å². The number of hydrogen-bond donors (Lipinski definition) is 1. The molecule has 0 saturated carbocycles. The van der Waals surface area contributed by atoms with Gasteiger partial charge < -0.3 is 10.0 Å². The predicted octanol–water partition coefficient (Wildman–Crippen LogP) is 3.44. The number of aliphatic hydroxyl groups is 1. The maximum atomic E-state index is 10.5. The number of aliphatic hydroxyl groups excluding tert-OH is 1. The third-order valence-corrected chi connectivity index (χ3v) is 4.59. The quantitative estimate of drug-likeness (QED) is 0.919. The lowest BCUT2D eigenvalue weighted by atomic mass is 10.0. The first-order chi connectivity index (χ1) is 11.2. The number of aryl methyl sites for hydroxylation is 2. The summed E-state index contributed by atoms with van der Waals surface area (Å²) in [5, 5.41) is 10.5. The Hall–Kier alpha value is -1.94. The van der Waals surface area contributed by atoms with Gasteiger partial charge in [0.05, 0.1) is 6.10 Å². The molecule has 1 fully saturated rings. The van der Waals surface area contributed by atoms with Crippen LogP contribution in [-0.2, 0) is 6.42 Å². The van der Waals surface area contributed by atoms with Gasteiger partial charge in [-0.25, -0.2) is 9.97 Å². The van der Waals surface area contributed by atoms with Crippen molar-refractivity contribution < 1.29 is 5.11 Å². The molecule has 1 aromatic carbocycles. The molecule has 2 aromatic rings. The van der Waals surface area contributed by atoms with Gasteiger partial charge in [0.25, 0.3) is 0 Å². The van der Waals surface area contributed by atoms with E-state index in [0.29, 0.717) is 6.04 Å². The molecule has 1 N–H and O–H groups in total. The van der Waals surface area contributed by atoms with Crippen LogP contribution in [0.25, 0.3) is 0 Å². The molecule has 3 rings (SSSR count). The second-order valence-electron chi connectivity index (χ2n) is 6.27. The fraction of sp³-hybridized carbons (Fsp3) is 0.474. The van der Waals surface area contributed by atoms with Gasteiger partial charge in [0.2, 0.25) is 0 Å². The first kappa shape index (κ1) is 15.9. The highest BCUT2D eigenvalue weighted by Crippen LogP contribution is 2.30. The minimum Gasteiger partial charge on any atom is -0.388 e. The summed E-state index contributed by atoms with van der Waals surface area (Å²) >= 11 is 0. The molecule has 0 spiro atoms. The molecule has 0 radical (unpaired) electrons. The van der Waals surface area contributed by atoms with Crippen molar-refractivity contribution in [3.8, 4) is 0 Å². The number of nitrogens with zero attached hydrogens (tertiary/aromatic N) is 3. The van der Waals surface area contributed by atoms with Crippen molar-refractivity contribution in [3.63, 3.8) is 0 Å². The molecule has 23 heavy (non-hydrogen) atoms. The van der Waals surface area contributed by atoms with Crippen LogP contribution in [0.2, 0.25) is 0 Å². The lowest BCUT2D eigenvalue weighted by molar-refractivity contribution is 0.158. The summed E-state index contributed by atoms with van der Waals surface area (Å²) in [6.45, 7) is 5.07. The molecule has 2 heterocycles. The van der Waals surface area contributed by atoms with Gasteiger partial charge in [0.15, 0.2) is 0 Å². The summed E-state index contributed by atoms with van der Waals surface area (Å²) in [4.78, 5) is 11.4. The van der Waals surface area contributed by atoms with Crippen molar-refractivity contribution in [2.75, 3.05) is 11.4 Å². The monoisotopic (exact) mass is 311 g/mol. The van der Waals surface area contributed by atoms with E-state index in [2.05, 4.69) is 27.9 Å². The van der Waals surface area contributed by atoms with Crippen LogP contribution in [0, 0.1) is 6.92 Å². The van der Waals surface area contributed by atoms with Crippen LogP contribution in [0.4, 0.5) is 5.82 Å².